The number of anilines is 1. The first kappa shape index (κ1) is 22.2. The predicted molar refractivity (Wildman–Crippen MR) is 135 cm³/mol. The van der Waals surface area contributed by atoms with Gasteiger partial charge in [0.05, 0.1) is 18.5 Å². The van der Waals surface area contributed by atoms with Crippen LogP contribution in [-0.2, 0) is 9.47 Å². The summed E-state index contributed by atoms with van der Waals surface area (Å²) in [5.41, 5.74) is 4.15. The molecule has 6 rings (SSSR count). The molecule has 2 aromatic carbocycles. The Morgan fingerprint density at radius 1 is 1.30 bits per heavy atom. The molecule has 0 saturated carbocycles. The summed E-state index contributed by atoms with van der Waals surface area (Å²) in [6, 6.07) is 16.1. The number of carbonyl (C=O) groups is 1. The summed E-state index contributed by atoms with van der Waals surface area (Å²) in [6.45, 7) is 0.0273. The lowest BCUT2D eigenvalue weighted by Crippen LogP contribution is -2.22. The van der Waals surface area contributed by atoms with Crippen LogP contribution in [0, 0.1) is 0 Å². The van der Waals surface area contributed by atoms with Crippen molar-refractivity contribution in [1.82, 2.24) is 19.5 Å². The number of imidazole rings is 1. The van der Waals surface area contributed by atoms with Crippen molar-refractivity contribution in [2.45, 2.75) is 37.7 Å². The number of benzene rings is 2. The fraction of sp³-hybridized carbons (Fsp3) is 0.308. The molecule has 0 radical (unpaired) electrons. The Morgan fingerprint density at radius 3 is 2.62 bits per heavy atom. The molecule has 4 aromatic rings. The molecule has 11 heteroatoms. The highest BCUT2D eigenvalue weighted by Gasteiger charge is 2.33. The number of fused-ring (bicyclic) bond motifs is 4. The van der Waals surface area contributed by atoms with Gasteiger partial charge in [-0.15, -0.1) is 0 Å². The van der Waals surface area contributed by atoms with Crippen LogP contribution in [0.5, 0.6) is 0 Å². The van der Waals surface area contributed by atoms with Crippen molar-refractivity contribution in [3.05, 3.63) is 76.3 Å². The largest absolute Gasteiger partial charge is 0.448 e. The minimum atomic E-state index is -0.801. The maximum absolute atomic E-state index is 12.6. The van der Waals surface area contributed by atoms with Crippen LogP contribution in [0.15, 0.2) is 59.7 Å². The van der Waals surface area contributed by atoms with E-state index in [1.54, 1.807) is 0 Å². The molecule has 4 N–H and O–H groups in total. The molecule has 3 atom stereocenters. The van der Waals surface area contributed by atoms with Gasteiger partial charge < -0.3 is 19.7 Å². The Balaban J connectivity index is 0.000000983. The van der Waals surface area contributed by atoms with Crippen molar-refractivity contribution in [2.24, 2.45) is 0 Å². The van der Waals surface area contributed by atoms with Gasteiger partial charge in [0.25, 0.3) is 5.56 Å². The quantitative estimate of drug-likeness (QED) is 0.328. The average molecular weight is 509 g/mol. The molecule has 1 aliphatic carbocycles. The molecule has 11 nitrogen and oxygen atoms in total. The number of rotatable bonds is 4. The predicted octanol–water partition coefficient (Wildman–Crippen LogP) is 2.76. The first-order valence-corrected chi connectivity index (χ1v) is 11.7. The van der Waals surface area contributed by atoms with Crippen molar-refractivity contribution in [3.8, 4) is 11.1 Å². The van der Waals surface area contributed by atoms with Crippen LogP contribution in [0.25, 0.3) is 22.3 Å². The van der Waals surface area contributed by atoms with Crippen LogP contribution in [0.1, 0.15) is 38.0 Å². The van der Waals surface area contributed by atoms with Crippen LogP contribution in [0.4, 0.5) is 10.7 Å². The number of aromatic nitrogens is 4. The smallest absolute Gasteiger partial charge is 0.414 e. The monoisotopic (exact) mass is 508 g/mol. The lowest BCUT2D eigenvalue weighted by molar-refractivity contribution is -0.00632. The molecule has 1 amide bonds. The molecule has 1 saturated heterocycles. The van der Waals surface area contributed by atoms with Gasteiger partial charge in [0, 0.05) is 20.8 Å². The summed E-state index contributed by atoms with van der Waals surface area (Å²) in [6.07, 6.45) is -1.19. The van der Waals surface area contributed by atoms with Crippen molar-refractivity contribution >= 4 is 23.2 Å². The number of nitrogens with zero attached hydrogens (tertiary/aromatic N) is 3. The molecule has 3 heterocycles. The van der Waals surface area contributed by atoms with E-state index in [1.165, 1.54) is 18.0 Å². The lowest BCUT2D eigenvalue weighted by Gasteiger charge is -2.15. The number of carbonyl (C=O) groups excluding carboxylic acids is 1. The highest BCUT2D eigenvalue weighted by molar-refractivity contribution is 5.84. The Kier molecular flexibility index (Phi) is 6.07. The standard InChI is InChI=1S/C25H23N5O5.CH4O/c1-13-19(31)10-20(35-13)30-12-26-21-22(30)27-24(28-23(21)32)29-25(33)34-11-18-16-8-4-2-6-14(16)15-7-3-5-9-17(15)18;1-2/h2-9,12-13,18-20,31H,10-11H2,1H3,(H2,27,28,29,32,33);2H,1H3/t13-,19?,20-;/m1./s1/i1D;2T. The fourth-order valence-electron chi connectivity index (χ4n) is 4.81. The van der Waals surface area contributed by atoms with E-state index >= 15 is 0 Å². The van der Waals surface area contributed by atoms with Gasteiger partial charge in [-0.2, -0.15) is 4.98 Å². The second-order valence-electron chi connectivity index (χ2n) is 8.62. The Hall–Kier alpha value is -4.06. The van der Waals surface area contributed by atoms with Crippen LogP contribution in [0.3, 0.4) is 0 Å². The highest BCUT2D eigenvalue weighted by Crippen LogP contribution is 2.44. The maximum atomic E-state index is 12.6. The number of ether oxygens (including phenoxy) is 2. The van der Waals surface area contributed by atoms with Gasteiger partial charge in [-0.3, -0.25) is 19.7 Å². The Labute approximate surface area is 214 Å². The summed E-state index contributed by atoms with van der Waals surface area (Å²) >= 11 is 0. The first-order chi connectivity index (χ1) is 18.9. The number of H-pyrrole nitrogens is 1. The molecular weight excluding hydrogens is 478 g/mol. The molecular formula is C26H27N5O6. The molecule has 0 spiro atoms. The van der Waals surface area contributed by atoms with Gasteiger partial charge in [0.15, 0.2) is 11.2 Å². The summed E-state index contributed by atoms with van der Waals surface area (Å²) in [4.78, 5) is 36.1. The Morgan fingerprint density at radius 2 is 1.97 bits per heavy atom. The molecule has 1 unspecified atom stereocenters. The van der Waals surface area contributed by atoms with E-state index in [2.05, 4.69) is 37.5 Å². The van der Waals surface area contributed by atoms with Crippen molar-refractivity contribution < 1.29 is 25.9 Å². The van der Waals surface area contributed by atoms with Gasteiger partial charge in [-0.25, -0.2) is 9.78 Å². The molecule has 2 aliphatic rings. The topological polar surface area (TPSA) is 152 Å². The third kappa shape index (κ3) is 4.48. The summed E-state index contributed by atoms with van der Waals surface area (Å²) < 4.78 is 26.0. The normalized spacial score (nSPS) is 20.9. The van der Waals surface area contributed by atoms with E-state index in [1.807, 2.05) is 36.4 Å². The van der Waals surface area contributed by atoms with Crippen LogP contribution < -0.4 is 10.9 Å². The van der Waals surface area contributed by atoms with Crippen LogP contribution >= 0.6 is 0 Å². The lowest BCUT2D eigenvalue weighted by atomic mass is 9.98. The van der Waals surface area contributed by atoms with Gasteiger partial charge in [0.2, 0.25) is 7.38 Å². The summed E-state index contributed by atoms with van der Waals surface area (Å²) in [5, 5.41) is 16.1. The van der Waals surface area contributed by atoms with E-state index in [-0.39, 0.29) is 43.0 Å². The SMILES string of the molecule is [2H]C[C@H]1O[C@@H](n2cnc3c(=O)[nH]c(NC(=O)OCC4c5ccccc5-c5ccccc54)nc32)CC1O.[3H]OC. The van der Waals surface area contributed by atoms with E-state index in [9.17, 15) is 14.7 Å². The Bertz CT molecular complexity index is 1500. The number of amides is 1. The number of aromatic amines is 1. The zero-order chi connectivity index (χ0) is 27.5. The number of aliphatic hydroxyl groups excluding tert-OH is 2. The van der Waals surface area contributed by atoms with Crippen LogP contribution in [-0.4, -0.2) is 63.2 Å². The summed E-state index contributed by atoms with van der Waals surface area (Å²) in [7, 11) is 1.29. The molecule has 2 aromatic heterocycles. The minimum Gasteiger partial charge on any atom is -0.448 e. The van der Waals surface area contributed by atoms with Gasteiger partial charge >= 0.3 is 6.09 Å². The second-order valence-corrected chi connectivity index (χ2v) is 8.62. The van der Waals surface area contributed by atoms with Crippen molar-refractivity contribution in [1.29, 1.82) is 1.43 Å². The molecule has 1 aliphatic heterocycles. The zero-order valence-electron chi connectivity index (χ0n) is 22.0. The van der Waals surface area contributed by atoms with E-state index in [4.69, 9.17) is 12.3 Å². The number of aliphatic hydroxyl groups is 2. The minimum absolute atomic E-state index is 0.0699. The number of hydrogen-bond donors (Lipinski definition) is 4. The third-order valence-electron chi connectivity index (χ3n) is 6.51. The van der Waals surface area contributed by atoms with Gasteiger partial charge in [0.1, 0.15) is 12.8 Å². The maximum Gasteiger partial charge on any atom is 0.414 e. The van der Waals surface area contributed by atoms with Gasteiger partial charge in [-0.05, 0) is 29.2 Å². The fourth-order valence-corrected chi connectivity index (χ4v) is 4.81. The number of nitrogens with one attached hydrogen (secondary N) is 2. The number of hydrogen-bond acceptors (Lipinski definition) is 8. The summed E-state index contributed by atoms with van der Waals surface area (Å²) in [5.74, 6) is -0.197. The zero-order valence-corrected chi connectivity index (χ0v) is 20.0. The van der Waals surface area contributed by atoms with Crippen molar-refractivity contribution in [2.75, 3.05) is 19.0 Å². The van der Waals surface area contributed by atoms with E-state index in [0.717, 1.165) is 22.3 Å². The van der Waals surface area contributed by atoms with E-state index < -0.39 is 30.1 Å². The first-order valence-electron chi connectivity index (χ1n) is 12.8. The molecule has 1 fully saturated rings. The van der Waals surface area contributed by atoms with E-state index in [0.29, 0.717) is 0 Å². The molecule has 37 heavy (non-hydrogen) atoms. The van der Waals surface area contributed by atoms with Crippen molar-refractivity contribution in [3.63, 3.8) is 0 Å². The second kappa shape index (κ2) is 10.1. The van der Waals surface area contributed by atoms with Gasteiger partial charge in [-0.1, -0.05) is 48.5 Å². The molecule has 0 bridgehead atoms. The van der Waals surface area contributed by atoms with Crippen LogP contribution in [0.2, 0.25) is 0 Å². The molecule has 192 valence electrons. The average Bonchev–Trinajstić information content (AvgIpc) is 3.61. The third-order valence-corrected chi connectivity index (χ3v) is 6.51. The highest BCUT2D eigenvalue weighted by atomic mass is 16.5.